The Morgan fingerprint density at radius 2 is 1.77 bits per heavy atom. The van der Waals surface area contributed by atoms with Crippen LogP contribution in [0.15, 0.2) is 24.3 Å². The van der Waals surface area contributed by atoms with Gasteiger partial charge in [0.05, 0.1) is 24.2 Å². The number of nitrogens with zero attached hydrogens (tertiary/aromatic N) is 2. The van der Waals surface area contributed by atoms with Crippen LogP contribution in [0.3, 0.4) is 0 Å². The lowest BCUT2D eigenvalue weighted by Crippen LogP contribution is -2.22. The summed E-state index contributed by atoms with van der Waals surface area (Å²) in [4.78, 5) is 20.1. The Morgan fingerprint density at radius 1 is 1.18 bits per heavy atom. The maximum atomic E-state index is 12.8. The summed E-state index contributed by atoms with van der Waals surface area (Å²) in [5.74, 6) is -0.307. The van der Waals surface area contributed by atoms with Crippen molar-refractivity contribution in [3.8, 4) is 11.8 Å². The Kier molecular flexibility index (Phi) is 4.88. The maximum Gasteiger partial charge on any atom is 0.316 e. The molecule has 1 N–H and O–H groups in total. The van der Waals surface area contributed by atoms with Crippen LogP contribution in [0.2, 0.25) is 0 Å². The van der Waals surface area contributed by atoms with Crippen molar-refractivity contribution in [2.45, 2.75) is 13.8 Å². The predicted octanol–water partition coefficient (Wildman–Crippen LogP) is 2.26. The second kappa shape index (κ2) is 6.84. The van der Waals surface area contributed by atoms with E-state index in [1.54, 1.807) is 13.8 Å². The van der Waals surface area contributed by atoms with Gasteiger partial charge >= 0.3 is 6.01 Å². The van der Waals surface area contributed by atoms with Gasteiger partial charge in [-0.05, 0) is 38.1 Å². The van der Waals surface area contributed by atoms with Crippen LogP contribution in [0, 0.1) is 19.7 Å². The Balaban J connectivity index is 1.99. The van der Waals surface area contributed by atoms with Crippen molar-refractivity contribution in [1.29, 1.82) is 0 Å². The molecular formula is C15H16FN3O3. The second-order valence-corrected chi connectivity index (χ2v) is 4.55. The SMILES string of the molecule is COc1nc(C)c(NC(=O)COc2ccc(F)cc2)c(C)n1. The maximum absolute atomic E-state index is 12.8. The molecule has 1 amide bonds. The van der Waals surface area contributed by atoms with Crippen molar-refractivity contribution in [3.05, 3.63) is 41.5 Å². The minimum Gasteiger partial charge on any atom is -0.484 e. The second-order valence-electron chi connectivity index (χ2n) is 4.55. The molecule has 2 rings (SSSR count). The van der Waals surface area contributed by atoms with Gasteiger partial charge in [0.2, 0.25) is 0 Å². The molecule has 0 aliphatic carbocycles. The standard InChI is InChI=1S/C15H16FN3O3/c1-9-14(10(2)18-15(17-9)21-3)19-13(20)8-22-12-6-4-11(16)5-7-12/h4-7H,8H2,1-3H3,(H,19,20). The normalized spacial score (nSPS) is 10.2. The summed E-state index contributed by atoms with van der Waals surface area (Å²) in [6.45, 7) is 3.29. The molecule has 1 aromatic heterocycles. The van der Waals surface area contributed by atoms with Gasteiger partial charge in [0.25, 0.3) is 5.91 Å². The number of ether oxygens (including phenoxy) is 2. The zero-order valence-electron chi connectivity index (χ0n) is 12.5. The third-order valence-corrected chi connectivity index (χ3v) is 2.88. The van der Waals surface area contributed by atoms with E-state index in [2.05, 4.69) is 15.3 Å². The molecule has 0 saturated heterocycles. The van der Waals surface area contributed by atoms with E-state index in [0.717, 1.165) is 0 Å². The monoisotopic (exact) mass is 305 g/mol. The van der Waals surface area contributed by atoms with Gasteiger partial charge in [-0.2, -0.15) is 9.97 Å². The molecule has 0 radical (unpaired) electrons. The molecule has 6 nitrogen and oxygen atoms in total. The topological polar surface area (TPSA) is 73.3 Å². The van der Waals surface area contributed by atoms with Crippen LogP contribution in [0.25, 0.3) is 0 Å². The molecule has 0 bridgehead atoms. The first-order valence-electron chi connectivity index (χ1n) is 6.57. The summed E-state index contributed by atoms with van der Waals surface area (Å²) in [5.41, 5.74) is 1.72. The highest BCUT2D eigenvalue weighted by Crippen LogP contribution is 2.19. The number of aryl methyl sites for hydroxylation is 2. The Morgan fingerprint density at radius 3 is 2.32 bits per heavy atom. The number of anilines is 1. The quantitative estimate of drug-likeness (QED) is 0.917. The number of methoxy groups -OCH3 is 1. The summed E-state index contributed by atoms with van der Waals surface area (Å²) in [6, 6.07) is 5.68. The molecule has 116 valence electrons. The van der Waals surface area contributed by atoms with E-state index in [9.17, 15) is 9.18 Å². The molecule has 2 aromatic rings. The number of benzene rings is 1. The van der Waals surface area contributed by atoms with Crippen molar-refractivity contribution >= 4 is 11.6 Å². The van der Waals surface area contributed by atoms with Crippen LogP contribution < -0.4 is 14.8 Å². The first kappa shape index (κ1) is 15.7. The van der Waals surface area contributed by atoms with Crippen LogP contribution in [-0.2, 0) is 4.79 Å². The van der Waals surface area contributed by atoms with Crippen LogP contribution in [0.5, 0.6) is 11.8 Å². The molecule has 0 fully saturated rings. The Hall–Kier alpha value is -2.70. The Bertz CT molecular complexity index is 651. The van der Waals surface area contributed by atoms with Crippen molar-refractivity contribution in [2.75, 3.05) is 19.0 Å². The minimum atomic E-state index is -0.363. The smallest absolute Gasteiger partial charge is 0.316 e. The largest absolute Gasteiger partial charge is 0.484 e. The van der Waals surface area contributed by atoms with Gasteiger partial charge in [0, 0.05) is 0 Å². The molecule has 7 heteroatoms. The Labute approximate surface area is 127 Å². The molecular weight excluding hydrogens is 289 g/mol. The summed E-state index contributed by atoms with van der Waals surface area (Å²) >= 11 is 0. The average Bonchev–Trinajstić information content (AvgIpc) is 2.50. The van der Waals surface area contributed by atoms with Gasteiger partial charge in [0.15, 0.2) is 6.61 Å². The third kappa shape index (κ3) is 3.91. The number of rotatable bonds is 5. The highest BCUT2D eigenvalue weighted by atomic mass is 19.1. The van der Waals surface area contributed by atoms with Gasteiger partial charge in [-0.3, -0.25) is 4.79 Å². The van der Waals surface area contributed by atoms with E-state index in [1.165, 1.54) is 31.4 Å². The summed E-state index contributed by atoms with van der Waals surface area (Å²) in [6.07, 6.45) is 0. The first-order chi connectivity index (χ1) is 10.5. The zero-order chi connectivity index (χ0) is 16.1. The van der Waals surface area contributed by atoms with E-state index in [1.807, 2.05) is 0 Å². The highest BCUT2D eigenvalue weighted by molar-refractivity contribution is 5.92. The zero-order valence-corrected chi connectivity index (χ0v) is 12.5. The number of aromatic nitrogens is 2. The fourth-order valence-corrected chi connectivity index (χ4v) is 1.81. The van der Waals surface area contributed by atoms with Crippen molar-refractivity contribution in [3.63, 3.8) is 0 Å². The first-order valence-corrected chi connectivity index (χ1v) is 6.57. The number of carbonyl (C=O) groups excluding carboxylic acids is 1. The fraction of sp³-hybridized carbons (Fsp3) is 0.267. The van der Waals surface area contributed by atoms with E-state index in [-0.39, 0.29) is 24.3 Å². The van der Waals surface area contributed by atoms with E-state index < -0.39 is 0 Å². The van der Waals surface area contributed by atoms with Crippen molar-refractivity contribution in [2.24, 2.45) is 0 Å². The molecule has 1 aromatic carbocycles. The summed E-state index contributed by atoms with van der Waals surface area (Å²) in [7, 11) is 1.48. The molecule has 0 unspecified atom stereocenters. The molecule has 0 aliphatic rings. The minimum absolute atomic E-state index is 0.198. The number of amides is 1. The molecule has 0 saturated carbocycles. The molecule has 22 heavy (non-hydrogen) atoms. The molecule has 1 heterocycles. The lowest BCUT2D eigenvalue weighted by molar-refractivity contribution is -0.118. The summed E-state index contributed by atoms with van der Waals surface area (Å²) in [5, 5.41) is 2.69. The fourth-order valence-electron chi connectivity index (χ4n) is 1.81. The number of nitrogens with one attached hydrogen (secondary N) is 1. The van der Waals surface area contributed by atoms with Crippen molar-refractivity contribution in [1.82, 2.24) is 9.97 Å². The molecule has 0 atom stereocenters. The van der Waals surface area contributed by atoms with Crippen LogP contribution in [-0.4, -0.2) is 29.6 Å². The lowest BCUT2D eigenvalue weighted by atomic mass is 10.3. The van der Waals surface area contributed by atoms with E-state index >= 15 is 0 Å². The van der Waals surface area contributed by atoms with Crippen LogP contribution in [0.1, 0.15) is 11.4 Å². The number of hydrogen-bond donors (Lipinski definition) is 1. The third-order valence-electron chi connectivity index (χ3n) is 2.88. The van der Waals surface area contributed by atoms with Gasteiger partial charge in [-0.1, -0.05) is 0 Å². The van der Waals surface area contributed by atoms with Crippen LogP contribution >= 0.6 is 0 Å². The van der Waals surface area contributed by atoms with E-state index in [4.69, 9.17) is 9.47 Å². The van der Waals surface area contributed by atoms with Gasteiger partial charge in [-0.15, -0.1) is 0 Å². The molecule has 0 spiro atoms. The predicted molar refractivity (Wildman–Crippen MR) is 78.6 cm³/mol. The van der Waals surface area contributed by atoms with E-state index in [0.29, 0.717) is 22.8 Å². The average molecular weight is 305 g/mol. The molecule has 0 aliphatic heterocycles. The number of carbonyl (C=O) groups is 1. The van der Waals surface area contributed by atoms with Gasteiger partial charge in [0.1, 0.15) is 11.6 Å². The lowest BCUT2D eigenvalue weighted by Gasteiger charge is -2.12. The van der Waals surface area contributed by atoms with Gasteiger partial charge < -0.3 is 14.8 Å². The van der Waals surface area contributed by atoms with Crippen LogP contribution in [0.4, 0.5) is 10.1 Å². The highest BCUT2D eigenvalue weighted by Gasteiger charge is 2.12. The van der Waals surface area contributed by atoms with Gasteiger partial charge in [-0.25, -0.2) is 4.39 Å². The van der Waals surface area contributed by atoms with Crippen molar-refractivity contribution < 1.29 is 18.7 Å². The number of hydrogen-bond acceptors (Lipinski definition) is 5. The summed E-state index contributed by atoms with van der Waals surface area (Å²) < 4.78 is 23.0. The number of halogens is 1.